The summed E-state index contributed by atoms with van der Waals surface area (Å²) >= 11 is 0. The van der Waals surface area contributed by atoms with Gasteiger partial charge in [0.25, 0.3) is 17.9 Å². The molecule has 0 fully saturated rings. The van der Waals surface area contributed by atoms with E-state index in [1.54, 1.807) is 0 Å². The largest absolute Gasteiger partial charge is 0.705 e. The van der Waals surface area contributed by atoms with Crippen LogP contribution in [0.25, 0.3) is 11.1 Å². The summed E-state index contributed by atoms with van der Waals surface area (Å²) in [5.74, 6) is -1.22. The van der Waals surface area contributed by atoms with Crippen LogP contribution in [-0.4, -0.2) is 33.3 Å². The minimum absolute atomic E-state index is 0.0738. The molecule has 0 saturated carbocycles. The van der Waals surface area contributed by atoms with Crippen LogP contribution in [0.2, 0.25) is 6.04 Å². The van der Waals surface area contributed by atoms with Gasteiger partial charge in [-0.1, -0.05) is 68.3 Å². The van der Waals surface area contributed by atoms with Gasteiger partial charge in [-0.3, -0.25) is 14.4 Å². The van der Waals surface area contributed by atoms with E-state index in [9.17, 15) is 14.4 Å². The summed E-state index contributed by atoms with van der Waals surface area (Å²) in [4.78, 5) is 34.9. The summed E-state index contributed by atoms with van der Waals surface area (Å²) in [6.07, 6.45) is 4.58. The van der Waals surface area contributed by atoms with Crippen molar-refractivity contribution in [3.8, 4) is 16.9 Å². The quantitative estimate of drug-likeness (QED) is 0.273. The van der Waals surface area contributed by atoms with Gasteiger partial charge in [0, 0.05) is 26.3 Å². The van der Waals surface area contributed by atoms with Crippen LogP contribution in [0.15, 0.2) is 48.5 Å². The van der Waals surface area contributed by atoms with Gasteiger partial charge in [-0.25, -0.2) is 0 Å². The lowest BCUT2D eigenvalue weighted by Crippen LogP contribution is -2.49. The minimum atomic E-state index is -3.87. The third-order valence-corrected chi connectivity index (χ3v) is 7.76. The second kappa shape index (κ2) is 13.5. The Hall–Kier alpha value is -3.13. The number of carbonyl (C=O) groups excluding carboxylic acids is 3. The van der Waals surface area contributed by atoms with Crippen LogP contribution >= 0.6 is 0 Å². The number of carbonyl (C=O) groups is 3. The molecule has 0 radical (unpaired) electrons. The topological polar surface area (TPSA) is 88.1 Å². The van der Waals surface area contributed by atoms with Gasteiger partial charge < -0.3 is 18.0 Å². The zero-order chi connectivity index (χ0) is 25.0. The highest BCUT2D eigenvalue weighted by molar-refractivity contribution is 6.65. The Morgan fingerprint density at radius 1 is 0.765 bits per heavy atom. The Kier molecular flexibility index (Phi) is 10.8. The molecule has 0 aliphatic heterocycles. The Balaban J connectivity index is 2.22. The molecule has 0 aromatic heterocycles. The van der Waals surface area contributed by atoms with E-state index >= 15 is 0 Å². The molecule has 0 amide bonds. The maximum atomic E-state index is 11.6. The molecule has 0 aliphatic carbocycles. The van der Waals surface area contributed by atoms with Crippen LogP contribution < -0.4 is 4.74 Å². The average molecular weight is 487 g/mol. The first kappa shape index (κ1) is 27.1. The molecule has 184 valence electrons. The molecule has 0 N–H and O–H groups in total. The van der Waals surface area contributed by atoms with Gasteiger partial charge in [-0.05, 0) is 30.4 Å². The minimum Gasteiger partial charge on any atom is -0.493 e. The second-order valence-electron chi connectivity index (χ2n) is 8.03. The van der Waals surface area contributed by atoms with E-state index in [1.807, 2.05) is 42.5 Å². The molecule has 0 aliphatic rings. The molecule has 8 heteroatoms. The Morgan fingerprint density at radius 2 is 1.38 bits per heavy atom. The highest BCUT2D eigenvalue weighted by Crippen LogP contribution is 2.34. The number of ether oxygens (including phenoxy) is 1. The molecule has 0 heterocycles. The highest BCUT2D eigenvalue weighted by Gasteiger charge is 2.51. The molecule has 0 unspecified atom stereocenters. The van der Waals surface area contributed by atoms with E-state index in [0.717, 1.165) is 48.1 Å². The maximum absolute atomic E-state index is 11.6. The van der Waals surface area contributed by atoms with Gasteiger partial charge in [0.15, 0.2) is 0 Å². The van der Waals surface area contributed by atoms with E-state index in [1.165, 1.54) is 20.8 Å². The SMILES string of the molecule is CCCCCc1cccc(-c2ccccc2)c1OCCC[Si](OC(C)=O)(OC(C)=O)OC(C)=O. The van der Waals surface area contributed by atoms with Gasteiger partial charge in [0.1, 0.15) is 5.75 Å². The molecule has 0 spiro atoms. The monoisotopic (exact) mass is 486 g/mol. The number of hydrogen-bond donors (Lipinski definition) is 0. The van der Waals surface area contributed by atoms with E-state index in [4.69, 9.17) is 18.0 Å². The van der Waals surface area contributed by atoms with Gasteiger partial charge in [0.05, 0.1) is 12.7 Å². The molecule has 0 atom stereocenters. The number of unbranched alkanes of at least 4 members (excludes halogenated alkanes) is 2. The van der Waals surface area contributed by atoms with Crippen molar-refractivity contribution in [2.24, 2.45) is 0 Å². The lowest BCUT2D eigenvalue weighted by Gasteiger charge is -2.26. The van der Waals surface area contributed by atoms with Crippen LogP contribution in [0.1, 0.15) is 58.9 Å². The van der Waals surface area contributed by atoms with Crippen molar-refractivity contribution in [2.45, 2.75) is 65.8 Å². The van der Waals surface area contributed by atoms with Crippen molar-refractivity contribution in [3.05, 3.63) is 54.1 Å². The summed E-state index contributed by atoms with van der Waals surface area (Å²) in [6, 6.07) is 16.2. The number of hydrogen-bond acceptors (Lipinski definition) is 7. The van der Waals surface area contributed by atoms with Crippen molar-refractivity contribution < 1.29 is 32.4 Å². The van der Waals surface area contributed by atoms with Crippen molar-refractivity contribution in [2.75, 3.05) is 6.61 Å². The van der Waals surface area contributed by atoms with Crippen molar-refractivity contribution >= 4 is 26.7 Å². The molecule has 0 bridgehead atoms. The summed E-state index contributed by atoms with van der Waals surface area (Å²) in [5, 5.41) is 0. The number of rotatable bonds is 13. The normalized spacial score (nSPS) is 10.9. The molecule has 0 saturated heterocycles. The van der Waals surface area contributed by atoms with E-state index in [-0.39, 0.29) is 12.7 Å². The van der Waals surface area contributed by atoms with Crippen molar-refractivity contribution in [1.29, 1.82) is 0 Å². The summed E-state index contributed by atoms with van der Waals surface area (Å²) in [6.45, 7) is 5.99. The Morgan fingerprint density at radius 3 is 1.94 bits per heavy atom. The van der Waals surface area contributed by atoms with Crippen LogP contribution in [-0.2, 0) is 34.1 Å². The Labute approximate surface area is 202 Å². The van der Waals surface area contributed by atoms with Crippen LogP contribution in [0.5, 0.6) is 5.75 Å². The van der Waals surface area contributed by atoms with Crippen molar-refractivity contribution in [1.82, 2.24) is 0 Å². The summed E-state index contributed by atoms with van der Waals surface area (Å²) in [7, 11) is -3.87. The molecule has 2 aromatic carbocycles. The smallest absolute Gasteiger partial charge is 0.493 e. The molecule has 34 heavy (non-hydrogen) atoms. The van der Waals surface area contributed by atoms with E-state index in [2.05, 4.69) is 13.0 Å². The van der Waals surface area contributed by atoms with E-state index < -0.39 is 26.7 Å². The van der Waals surface area contributed by atoms with Crippen LogP contribution in [0.3, 0.4) is 0 Å². The fourth-order valence-electron chi connectivity index (χ4n) is 3.70. The molecular formula is C26H34O7Si. The fourth-order valence-corrected chi connectivity index (χ4v) is 6.02. The molecular weight excluding hydrogens is 452 g/mol. The number of para-hydroxylation sites is 1. The molecule has 2 rings (SSSR count). The number of benzene rings is 2. The maximum Gasteiger partial charge on any atom is 0.705 e. The zero-order valence-electron chi connectivity index (χ0n) is 20.4. The standard InChI is InChI=1S/C26H34O7Si/c1-5-6-8-15-24-16-11-17-25(23-13-9-7-10-14-23)26(24)30-18-12-19-34(31-20(2)27,32-21(3)28)33-22(4)29/h7,9-11,13-14,16-17H,5-6,8,12,15,18-19H2,1-4H3. The van der Waals surface area contributed by atoms with Crippen LogP contribution in [0.4, 0.5) is 0 Å². The lowest BCUT2D eigenvalue weighted by molar-refractivity contribution is -0.147. The van der Waals surface area contributed by atoms with Crippen LogP contribution in [0, 0.1) is 0 Å². The van der Waals surface area contributed by atoms with Gasteiger partial charge in [-0.15, -0.1) is 0 Å². The number of aryl methyl sites for hydroxylation is 1. The highest BCUT2D eigenvalue weighted by atomic mass is 28.4. The lowest BCUT2D eigenvalue weighted by atomic mass is 9.98. The van der Waals surface area contributed by atoms with Gasteiger partial charge >= 0.3 is 8.80 Å². The van der Waals surface area contributed by atoms with E-state index in [0.29, 0.717) is 6.42 Å². The Bertz CT molecular complexity index is 918. The predicted molar refractivity (Wildman–Crippen MR) is 131 cm³/mol. The predicted octanol–water partition coefficient (Wildman–Crippen LogP) is 5.48. The first-order valence-corrected chi connectivity index (χ1v) is 13.6. The first-order chi connectivity index (χ1) is 16.3. The van der Waals surface area contributed by atoms with Crippen molar-refractivity contribution in [3.63, 3.8) is 0 Å². The average Bonchev–Trinajstić information content (AvgIpc) is 2.76. The third-order valence-electron chi connectivity index (χ3n) is 5.00. The fraction of sp³-hybridized carbons (Fsp3) is 0.423. The van der Waals surface area contributed by atoms with Gasteiger partial charge in [-0.2, -0.15) is 0 Å². The molecule has 2 aromatic rings. The summed E-state index contributed by atoms with van der Waals surface area (Å²) in [5.41, 5.74) is 3.18. The third kappa shape index (κ3) is 8.66. The summed E-state index contributed by atoms with van der Waals surface area (Å²) < 4.78 is 22.0. The molecule has 7 nitrogen and oxygen atoms in total. The first-order valence-electron chi connectivity index (χ1n) is 11.6. The zero-order valence-corrected chi connectivity index (χ0v) is 21.4. The van der Waals surface area contributed by atoms with Gasteiger partial charge in [0.2, 0.25) is 0 Å². The second-order valence-corrected chi connectivity index (χ2v) is 10.5.